The van der Waals surface area contributed by atoms with Crippen molar-refractivity contribution in [3.05, 3.63) is 29.8 Å². The lowest BCUT2D eigenvalue weighted by atomic mass is 9.79. The average molecular weight is 250 g/mol. The fourth-order valence-corrected chi connectivity index (χ4v) is 1.99. The molecular formula is C13H23BN2O2. The number of benzene rings is 1. The summed E-state index contributed by atoms with van der Waals surface area (Å²) in [5, 5.41) is 18.2. The van der Waals surface area contributed by atoms with E-state index in [1.54, 1.807) is 12.1 Å². The molecule has 1 unspecified atom stereocenters. The number of hydrogen-bond donors (Lipinski definition) is 2. The molecule has 0 aliphatic heterocycles. The Morgan fingerprint density at radius 3 is 2.00 bits per heavy atom. The molecule has 0 aliphatic rings. The van der Waals surface area contributed by atoms with Crippen LogP contribution in [0.2, 0.25) is 0 Å². The lowest BCUT2D eigenvalue weighted by Crippen LogP contribution is -2.30. The van der Waals surface area contributed by atoms with Gasteiger partial charge in [-0.1, -0.05) is 24.3 Å². The van der Waals surface area contributed by atoms with Crippen molar-refractivity contribution in [2.75, 3.05) is 34.7 Å². The van der Waals surface area contributed by atoms with E-state index < -0.39 is 7.12 Å². The minimum absolute atomic E-state index is 0.345. The highest BCUT2D eigenvalue weighted by atomic mass is 16.4. The summed E-state index contributed by atoms with van der Waals surface area (Å²) in [5.74, 6) is 0. The summed E-state index contributed by atoms with van der Waals surface area (Å²) in [6, 6.07) is 7.82. The Kier molecular flexibility index (Phi) is 5.82. The first-order valence-electron chi connectivity index (χ1n) is 6.19. The maximum absolute atomic E-state index is 9.08. The molecule has 0 saturated carbocycles. The summed E-state index contributed by atoms with van der Waals surface area (Å²) in [4.78, 5) is 4.36. The van der Waals surface area contributed by atoms with E-state index in [9.17, 15) is 0 Å². The van der Waals surface area contributed by atoms with Gasteiger partial charge < -0.3 is 19.8 Å². The van der Waals surface area contributed by atoms with Crippen LogP contribution in [-0.2, 0) is 0 Å². The van der Waals surface area contributed by atoms with Crippen LogP contribution >= 0.6 is 0 Å². The fourth-order valence-electron chi connectivity index (χ4n) is 1.99. The summed E-state index contributed by atoms with van der Waals surface area (Å²) >= 11 is 0. The lowest BCUT2D eigenvalue weighted by Gasteiger charge is -2.26. The summed E-state index contributed by atoms with van der Waals surface area (Å²) in [5.41, 5.74) is 1.73. The van der Waals surface area contributed by atoms with E-state index in [2.05, 4.69) is 38.0 Å². The van der Waals surface area contributed by atoms with Gasteiger partial charge in [0.2, 0.25) is 0 Å². The third kappa shape index (κ3) is 4.42. The van der Waals surface area contributed by atoms with Crippen molar-refractivity contribution in [3.8, 4) is 0 Å². The van der Waals surface area contributed by atoms with E-state index in [0.29, 0.717) is 11.5 Å². The molecule has 0 saturated heterocycles. The van der Waals surface area contributed by atoms with Crippen molar-refractivity contribution in [1.82, 2.24) is 9.80 Å². The molecule has 18 heavy (non-hydrogen) atoms. The molecule has 1 aromatic carbocycles. The summed E-state index contributed by atoms with van der Waals surface area (Å²) in [6.07, 6.45) is 1.04. The maximum atomic E-state index is 9.08. The largest absolute Gasteiger partial charge is 0.488 e. The van der Waals surface area contributed by atoms with Crippen molar-refractivity contribution < 1.29 is 10.0 Å². The topological polar surface area (TPSA) is 46.9 Å². The molecule has 1 rings (SSSR count). The molecule has 0 radical (unpaired) electrons. The Balaban J connectivity index is 2.79. The molecular weight excluding hydrogens is 227 g/mol. The minimum atomic E-state index is -1.39. The molecule has 4 nitrogen and oxygen atoms in total. The Bertz CT molecular complexity index is 353. The first-order chi connectivity index (χ1) is 8.41. The fraction of sp³-hybridized carbons (Fsp3) is 0.538. The first kappa shape index (κ1) is 15.2. The average Bonchev–Trinajstić information content (AvgIpc) is 2.29. The van der Waals surface area contributed by atoms with Crippen molar-refractivity contribution in [2.45, 2.75) is 12.5 Å². The van der Waals surface area contributed by atoms with Gasteiger partial charge in [-0.15, -0.1) is 0 Å². The van der Waals surface area contributed by atoms with Crippen LogP contribution in [0, 0.1) is 0 Å². The van der Waals surface area contributed by atoms with Crippen LogP contribution in [0.4, 0.5) is 0 Å². The maximum Gasteiger partial charge on any atom is 0.488 e. The van der Waals surface area contributed by atoms with Gasteiger partial charge in [0.25, 0.3) is 0 Å². The Labute approximate surface area is 110 Å². The predicted molar refractivity (Wildman–Crippen MR) is 75.9 cm³/mol. The Morgan fingerprint density at radius 1 is 1.06 bits per heavy atom. The lowest BCUT2D eigenvalue weighted by molar-refractivity contribution is 0.254. The molecule has 0 spiro atoms. The third-order valence-electron chi connectivity index (χ3n) is 3.09. The molecule has 0 aromatic heterocycles. The Morgan fingerprint density at radius 2 is 1.61 bits per heavy atom. The zero-order chi connectivity index (χ0) is 13.7. The highest BCUT2D eigenvalue weighted by molar-refractivity contribution is 6.58. The standard InChI is InChI=1S/C13H23BN2O2/c1-15(2)10-9-13(16(3)4)11-5-7-12(8-6-11)14(17)18/h5-8,13,17-18H,9-10H2,1-4H3. The van der Waals surface area contributed by atoms with Gasteiger partial charge in [0.15, 0.2) is 0 Å². The van der Waals surface area contributed by atoms with E-state index in [-0.39, 0.29) is 0 Å². The molecule has 1 aromatic rings. The molecule has 0 fully saturated rings. The normalized spacial score (nSPS) is 13.1. The quantitative estimate of drug-likeness (QED) is 0.693. The van der Waals surface area contributed by atoms with Gasteiger partial charge in [0.05, 0.1) is 0 Å². The number of nitrogens with zero attached hydrogens (tertiary/aromatic N) is 2. The third-order valence-corrected chi connectivity index (χ3v) is 3.09. The van der Waals surface area contributed by atoms with Gasteiger partial charge in [-0.3, -0.25) is 0 Å². The predicted octanol–water partition coefficient (Wildman–Crippen LogP) is -0.0792. The molecule has 0 aliphatic carbocycles. The summed E-state index contributed by atoms with van der Waals surface area (Å²) < 4.78 is 0. The van der Waals surface area contributed by atoms with Crippen LogP contribution < -0.4 is 5.46 Å². The first-order valence-corrected chi connectivity index (χ1v) is 6.19. The van der Waals surface area contributed by atoms with Crippen LogP contribution in [0.1, 0.15) is 18.0 Å². The summed E-state index contributed by atoms with van der Waals surface area (Å²) in [7, 11) is 6.87. The van der Waals surface area contributed by atoms with E-state index in [0.717, 1.165) is 13.0 Å². The van der Waals surface area contributed by atoms with Gasteiger partial charge in [0.1, 0.15) is 0 Å². The monoisotopic (exact) mass is 250 g/mol. The van der Waals surface area contributed by atoms with Crippen molar-refractivity contribution in [3.63, 3.8) is 0 Å². The van der Waals surface area contributed by atoms with Crippen LogP contribution in [0.25, 0.3) is 0 Å². The molecule has 0 bridgehead atoms. The van der Waals surface area contributed by atoms with Crippen LogP contribution in [0.5, 0.6) is 0 Å². The second-order valence-electron chi connectivity index (χ2n) is 5.11. The Hall–Kier alpha value is -0.875. The van der Waals surface area contributed by atoms with Crippen LogP contribution in [-0.4, -0.2) is 61.7 Å². The molecule has 5 heteroatoms. The summed E-state index contributed by atoms with van der Waals surface area (Å²) in [6.45, 7) is 1.02. The van der Waals surface area contributed by atoms with E-state index in [1.807, 2.05) is 12.1 Å². The molecule has 1 atom stereocenters. The highest BCUT2D eigenvalue weighted by Crippen LogP contribution is 2.21. The highest BCUT2D eigenvalue weighted by Gasteiger charge is 2.16. The zero-order valence-corrected chi connectivity index (χ0v) is 11.7. The second-order valence-corrected chi connectivity index (χ2v) is 5.11. The van der Waals surface area contributed by atoms with Gasteiger partial charge >= 0.3 is 7.12 Å². The van der Waals surface area contributed by atoms with Gasteiger partial charge in [0, 0.05) is 6.04 Å². The van der Waals surface area contributed by atoms with Gasteiger partial charge in [-0.25, -0.2) is 0 Å². The molecule has 0 heterocycles. The number of hydrogen-bond acceptors (Lipinski definition) is 4. The minimum Gasteiger partial charge on any atom is -0.423 e. The van der Waals surface area contributed by atoms with E-state index in [4.69, 9.17) is 10.0 Å². The SMILES string of the molecule is CN(C)CCC(c1ccc(B(O)O)cc1)N(C)C. The van der Waals surface area contributed by atoms with Crippen LogP contribution in [0.15, 0.2) is 24.3 Å². The van der Waals surface area contributed by atoms with Crippen LogP contribution in [0.3, 0.4) is 0 Å². The second kappa shape index (κ2) is 6.90. The van der Waals surface area contributed by atoms with Gasteiger partial charge in [-0.05, 0) is 52.2 Å². The van der Waals surface area contributed by atoms with Crippen molar-refractivity contribution >= 4 is 12.6 Å². The van der Waals surface area contributed by atoms with Crippen molar-refractivity contribution in [2.24, 2.45) is 0 Å². The van der Waals surface area contributed by atoms with E-state index in [1.165, 1.54) is 5.56 Å². The molecule has 100 valence electrons. The number of rotatable bonds is 6. The smallest absolute Gasteiger partial charge is 0.423 e. The van der Waals surface area contributed by atoms with Crippen molar-refractivity contribution in [1.29, 1.82) is 0 Å². The van der Waals surface area contributed by atoms with E-state index >= 15 is 0 Å². The zero-order valence-electron chi connectivity index (χ0n) is 11.7. The molecule has 0 amide bonds. The van der Waals surface area contributed by atoms with Gasteiger partial charge in [-0.2, -0.15) is 0 Å². The molecule has 2 N–H and O–H groups in total.